The lowest BCUT2D eigenvalue weighted by Gasteiger charge is -2.21. The van der Waals surface area contributed by atoms with Crippen LogP contribution in [0.4, 0.5) is 4.79 Å². The van der Waals surface area contributed by atoms with E-state index < -0.39 is 6.03 Å². The molecule has 1 rings (SSSR count). The molecule has 0 fully saturated rings. The molecule has 0 aliphatic heterocycles. The van der Waals surface area contributed by atoms with Crippen LogP contribution in [0.15, 0.2) is 29.4 Å². The summed E-state index contributed by atoms with van der Waals surface area (Å²) in [4.78, 5) is 13.0. The topological polar surface area (TPSA) is 70.7 Å². The van der Waals surface area contributed by atoms with E-state index in [4.69, 9.17) is 5.73 Å². The van der Waals surface area contributed by atoms with Gasteiger partial charge in [-0.1, -0.05) is 32.0 Å². The summed E-state index contributed by atoms with van der Waals surface area (Å²) < 4.78 is 0. The molecule has 0 bridgehead atoms. The van der Waals surface area contributed by atoms with E-state index in [-0.39, 0.29) is 0 Å². The second-order valence-corrected chi connectivity index (χ2v) is 4.76. The molecular weight excluding hydrogens is 252 g/mol. The number of hydrazone groups is 1. The van der Waals surface area contributed by atoms with Gasteiger partial charge in [-0.05, 0) is 43.1 Å². The molecule has 2 amide bonds. The van der Waals surface area contributed by atoms with Crippen LogP contribution >= 0.6 is 0 Å². The summed E-state index contributed by atoms with van der Waals surface area (Å²) in [5, 5.41) is 3.77. The molecular formula is C15H24N4O. The average molecular weight is 276 g/mol. The molecule has 0 radical (unpaired) electrons. The molecule has 5 nitrogen and oxygen atoms in total. The number of primary amides is 1. The summed E-state index contributed by atoms with van der Waals surface area (Å²) in [6, 6.07) is 7.47. The van der Waals surface area contributed by atoms with Gasteiger partial charge >= 0.3 is 6.03 Å². The van der Waals surface area contributed by atoms with Gasteiger partial charge < -0.3 is 5.73 Å². The van der Waals surface area contributed by atoms with Gasteiger partial charge in [0.15, 0.2) is 0 Å². The van der Waals surface area contributed by atoms with Gasteiger partial charge in [0.25, 0.3) is 0 Å². The van der Waals surface area contributed by atoms with Crippen LogP contribution in [0, 0.1) is 0 Å². The third kappa shape index (κ3) is 6.33. The minimum Gasteiger partial charge on any atom is -0.350 e. The molecule has 0 unspecified atom stereocenters. The summed E-state index contributed by atoms with van der Waals surface area (Å²) in [5.41, 5.74) is 9.33. The molecule has 0 atom stereocenters. The van der Waals surface area contributed by atoms with E-state index in [0.717, 1.165) is 38.0 Å². The number of hydrogen-bond donors (Lipinski definition) is 2. The van der Waals surface area contributed by atoms with Crippen LogP contribution in [0.5, 0.6) is 0 Å². The van der Waals surface area contributed by atoms with Crippen molar-refractivity contribution >= 4 is 12.2 Å². The zero-order chi connectivity index (χ0) is 14.8. The second kappa shape index (κ2) is 9.09. The predicted molar refractivity (Wildman–Crippen MR) is 82.6 cm³/mol. The zero-order valence-corrected chi connectivity index (χ0v) is 12.3. The molecule has 1 aromatic carbocycles. The van der Waals surface area contributed by atoms with Crippen LogP contribution in [0.2, 0.25) is 0 Å². The van der Waals surface area contributed by atoms with Gasteiger partial charge in [0, 0.05) is 6.54 Å². The SMILES string of the molecule is CCCN(CCC)Cc1cccc(C=NNC(N)=O)c1. The Balaban J connectivity index is 2.66. The third-order valence-electron chi connectivity index (χ3n) is 2.83. The van der Waals surface area contributed by atoms with Crippen molar-refractivity contribution in [3.63, 3.8) is 0 Å². The number of rotatable bonds is 8. The van der Waals surface area contributed by atoms with Gasteiger partial charge in [-0.3, -0.25) is 4.90 Å². The standard InChI is InChI=1S/C15H24N4O/c1-3-8-19(9-4-2)12-14-7-5-6-13(10-14)11-17-18-15(16)20/h5-7,10-11H,3-4,8-9,12H2,1-2H3,(H3,16,18,20). The molecule has 20 heavy (non-hydrogen) atoms. The number of nitrogens with two attached hydrogens (primary N) is 1. The maximum absolute atomic E-state index is 10.5. The number of hydrogen-bond acceptors (Lipinski definition) is 3. The highest BCUT2D eigenvalue weighted by Gasteiger charge is 2.04. The molecule has 3 N–H and O–H groups in total. The first-order chi connectivity index (χ1) is 9.65. The Labute approximate surface area is 120 Å². The number of carbonyl (C=O) groups is 1. The highest BCUT2D eigenvalue weighted by Crippen LogP contribution is 2.08. The highest BCUT2D eigenvalue weighted by molar-refractivity contribution is 5.81. The van der Waals surface area contributed by atoms with E-state index in [2.05, 4.69) is 41.4 Å². The lowest BCUT2D eigenvalue weighted by Crippen LogP contribution is -2.25. The number of carbonyl (C=O) groups excluding carboxylic acids is 1. The van der Waals surface area contributed by atoms with Crippen LogP contribution in [0.3, 0.4) is 0 Å². The number of nitrogens with one attached hydrogen (secondary N) is 1. The fraction of sp³-hybridized carbons (Fsp3) is 0.467. The van der Waals surface area contributed by atoms with E-state index in [1.165, 1.54) is 5.56 Å². The van der Waals surface area contributed by atoms with Gasteiger partial charge in [-0.25, -0.2) is 10.2 Å². The summed E-state index contributed by atoms with van der Waals surface area (Å²) in [6.45, 7) is 7.54. The van der Waals surface area contributed by atoms with Gasteiger partial charge in [0.2, 0.25) is 0 Å². The predicted octanol–water partition coefficient (Wildman–Crippen LogP) is 2.31. The van der Waals surface area contributed by atoms with Gasteiger partial charge in [-0.2, -0.15) is 5.10 Å². The van der Waals surface area contributed by atoms with Crippen molar-refractivity contribution < 1.29 is 4.79 Å². The van der Waals surface area contributed by atoms with Crippen LogP contribution in [-0.4, -0.2) is 30.2 Å². The minimum absolute atomic E-state index is 0.658. The Morgan fingerprint density at radius 1 is 1.35 bits per heavy atom. The van der Waals surface area contributed by atoms with E-state index in [9.17, 15) is 4.79 Å². The summed E-state index contributed by atoms with van der Waals surface area (Å²) in [7, 11) is 0. The number of amides is 2. The first-order valence-electron chi connectivity index (χ1n) is 7.05. The summed E-state index contributed by atoms with van der Waals surface area (Å²) >= 11 is 0. The van der Waals surface area contributed by atoms with Gasteiger partial charge in [-0.15, -0.1) is 0 Å². The van der Waals surface area contributed by atoms with Crippen LogP contribution in [-0.2, 0) is 6.54 Å². The van der Waals surface area contributed by atoms with Crippen LogP contribution in [0.25, 0.3) is 0 Å². The molecule has 0 spiro atoms. The van der Waals surface area contributed by atoms with Crippen molar-refractivity contribution in [2.45, 2.75) is 33.2 Å². The fourth-order valence-electron chi connectivity index (χ4n) is 2.10. The Morgan fingerprint density at radius 2 is 2.05 bits per heavy atom. The van der Waals surface area contributed by atoms with Crippen molar-refractivity contribution in [1.82, 2.24) is 10.3 Å². The number of nitrogens with zero attached hydrogens (tertiary/aromatic N) is 2. The lowest BCUT2D eigenvalue weighted by atomic mass is 10.1. The molecule has 5 heteroatoms. The summed E-state index contributed by atoms with van der Waals surface area (Å²) in [5.74, 6) is 0. The molecule has 0 saturated carbocycles. The van der Waals surface area contributed by atoms with E-state index in [1.54, 1.807) is 6.21 Å². The van der Waals surface area contributed by atoms with E-state index >= 15 is 0 Å². The summed E-state index contributed by atoms with van der Waals surface area (Å²) in [6.07, 6.45) is 3.91. The smallest absolute Gasteiger partial charge is 0.332 e. The first kappa shape index (κ1) is 16.2. The van der Waals surface area contributed by atoms with Crippen molar-refractivity contribution in [3.8, 4) is 0 Å². The van der Waals surface area contributed by atoms with Crippen LogP contribution in [0.1, 0.15) is 37.8 Å². The number of benzene rings is 1. The average Bonchev–Trinajstić information content (AvgIpc) is 2.39. The van der Waals surface area contributed by atoms with Crippen molar-refractivity contribution in [2.24, 2.45) is 10.8 Å². The van der Waals surface area contributed by atoms with Crippen molar-refractivity contribution in [2.75, 3.05) is 13.1 Å². The quantitative estimate of drug-likeness (QED) is 0.565. The highest BCUT2D eigenvalue weighted by atomic mass is 16.2. The molecule has 110 valence electrons. The maximum Gasteiger partial charge on any atom is 0.332 e. The Morgan fingerprint density at radius 3 is 2.65 bits per heavy atom. The third-order valence-corrected chi connectivity index (χ3v) is 2.83. The second-order valence-electron chi connectivity index (χ2n) is 4.76. The monoisotopic (exact) mass is 276 g/mol. The Kier molecular flexibility index (Phi) is 7.35. The van der Waals surface area contributed by atoms with E-state index in [1.807, 2.05) is 12.1 Å². The van der Waals surface area contributed by atoms with Gasteiger partial charge in [0.05, 0.1) is 6.21 Å². The van der Waals surface area contributed by atoms with E-state index in [0.29, 0.717) is 0 Å². The zero-order valence-electron chi connectivity index (χ0n) is 12.3. The molecule has 1 aromatic rings. The molecule has 0 aromatic heterocycles. The first-order valence-corrected chi connectivity index (χ1v) is 7.05. The van der Waals surface area contributed by atoms with Crippen molar-refractivity contribution in [3.05, 3.63) is 35.4 Å². The minimum atomic E-state index is -0.658. The molecule has 0 aliphatic carbocycles. The number of urea groups is 1. The Bertz CT molecular complexity index is 439. The largest absolute Gasteiger partial charge is 0.350 e. The van der Waals surface area contributed by atoms with Crippen LogP contribution < -0.4 is 11.2 Å². The molecule has 0 heterocycles. The fourth-order valence-corrected chi connectivity index (χ4v) is 2.10. The normalized spacial score (nSPS) is 11.2. The van der Waals surface area contributed by atoms with Gasteiger partial charge in [0.1, 0.15) is 0 Å². The maximum atomic E-state index is 10.5. The van der Waals surface area contributed by atoms with Crippen molar-refractivity contribution in [1.29, 1.82) is 0 Å². The molecule has 0 aliphatic rings. The molecule has 0 saturated heterocycles. The Hall–Kier alpha value is -1.88. The lowest BCUT2D eigenvalue weighted by molar-refractivity contribution is 0.249.